The number of aromatic nitrogens is 3. The molecule has 0 aliphatic carbocycles. The Morgan fingerprint density at radius 3 is 2.29 bits per heavy atom. The highest BCUT2D eigenvalue weighted by Gasteiger charge is 2.09. The number of nitrogens with zero attached hydrogens (tertiary/aromatic N) is 3. The maximum Gasteiger partial charge on any atom is 0.110 e. The highest BCUT2D eigenvalue weighted by atomic mass is 15.4. The summed E-state index contributed by atoms with van der Waals surface area (Å²) in [4.78, 5) is 4.45. The molecule has 0 saturated carbocycles. The average molecular weight is 280 g/mol. The fourth-order valence-electron chi connectivity index (χ4n) is 2.62. The number of nitrogens with one attached hydrogen (secondary N) is 1. The van der Waals surface area contributed by atoms with E-state index in [1.165, 1.54) is 11.4 Å². The summed E-state index contributed by atoms with van der Waals surface area (Å²) in [6, 6.07) is 14.6. The van der Waals surface area contributed by atoms with Crippen molar-refractivity contribution in [2.24, 2.45) is 0 Å². The lowest BCUT2D eigenvalue weighted by atomic mass is 10.3. The Morgan fingerprint density at radius 2 is 1.62 bits per heavy atom. The third kappa shape index (κ3) is 2.57. The zero-order chi connectivity index (χ0) is 14.8. The van der Waals surface area contributed by atoms with Crippen LogP contribution in [-0.2, 0) is 6.54 Å². The molecule has 21 heavy (non-hydrogen) atoms. The van der Waals surface area contributed by atoms with Gasteiger partial charge in [0.1, 0.15) is 5.82 Å². The largest absolute Gasteiger partial charge is 0.320 e. The third-order valence-corrected chi connectivity index (χ3v) is 3.72. The van der Waals surface area contributed by atoms with E-state index in [0.29, 0.717) is 0 Å². The molecule has 2 aromatic heterocycles. The van der Waals surface area contributed by atoms with Gasteiger partial charge in [-0.1, -0.05) is 18.2 Å². The van der Waals surface area contributed by atoms with Gasteiger partial charge < -0.3 is 5.43 Å². The van der Waals surface area contributed by atoms with E-state index >= 15 is 0 Å². The van der Waals surface area contributed by atoms with Crippen LogP contribution in [0.1, 0.15) is 22.9 Å². The second-order valence-corrected chi connectivity index (χ2v) is 5.25. The van der Waals surface area contributed by atoms with Crippen LogP contribution in [-0.4, -0.2) is 14.2 Å². The van der Waals surface area contributed by atoms with Gasteiger partial charge in [0.25, 0.3) is 0 Å². The number of hydrogen-bond acceptors (Lipinski definition) is 2. The van der Waals surface area contributed by atoms with E-state index in [1.54, 1.807) is 0 Å². The van der Waals surface area contributed by atoms with Crippen LogP contribution in [0.4, 0.5) is 0 Å². The molecule has 0 radical (unpaired) electrons. The number of aryl methyl sites for hydroxylation is 3. The first kappa shape index (κ1) is 13.5. The lowest BCUT2D eigenvalue weighted by Gasteiger charge is -2.15. The maximum absolute atomic E-state index is 4.45. The standard InChI is InChI=1S/C17H20N4/c1-13-9-10-14(2)21(13)19-12-17-11-18-15(3)20(17)16-7-5-4-6-8-16/h4-11,19H,12H2,1-3H3. The van der Waals surface area contributed by atoms with Gasteiger partial charge in [0.2, 0.25) is 0 Å². The normalized spacial score (nSPS) is 10.8. The predicted molar refractivity (Wildman–Crippen MR) is 85.3 cm³/mol. The van der Waals surface area contributed by atoms with E-state index in [9.17, 15) is 0 Å². The summed E-state index contributed by atoms with van der Waals surface area (Å²) in [7, 11) is 0. The summed E-state index contributed by atoms with van der Waals surface area (Å²) in [6.45, 7) is 6.95. The first-order valence-electron chi connectivity index (χ1n) is 7.14. The predicted octanol–water partition coefficient (Wildman–Crippen LogP) is 3.34. The topological polar surface area (TPSA) is 34.8 Å². The van der Waals surface area contributed by atoms with Gasteiger partial charge in [0.15, 0.2) is 0 Å². The highest BCUT2D eigenvalue weighted by Crippen LogP contribution is 2.15. The highest BCUT2D eigenvalue weighted by molar-refractivity contribution is 5.35. The molecule has 108 valence electrons. The van der Waals surface area contributed by atoms with E-state index in [1.807, 2.05) is 31.3 Å². The second-order valence-electron chi connectivity index (χ2n) is 5.25. The molecule has 0 unspecified atom stereocenters. The van der Waals surface area contributed by atoms with Crippen LogP contribution in [0.25, 0.3) is 5.69 Å². The van der Waals surface area contributed by atoms with E-state index < -0.39 is 0 Å². The van der Waals surface area contributed by atoms with Crippen LogP contribution in [0, 0.1) is 20.8 Å². The van der Waals surface area contributed by atoms with Gasteiger partial charge in [0.05, 0.1) is 18.4 Å². The number of imidazole rings is 1. The number of rotatable bonds is 4. The monoisotopic (exact) mass is 280 g/mol. The molecular weight excluding hydrogens is 260 g/mol. The molecule has 0 bridgehead atoms. The van der Waals surface area contributed by atoms with Crippen LogP contribution >= 0.6 is 0 Å². The van der Waals surface area contributed by atoms with Gasteiger partial charge in [-0.2, -0.15) is 0 Å². The second kappa shape index (κ2) is 5.48. The van der Waals surface area contributed by atoms with Crippen molar-refractivity contribution < 1.29 is 0 Å². The smallest absolute Gasteiger partial charge is 0.110 e. The van der Waals surface area contributed by atoms with Crippen molar-refractivity contribution in [1.82, 2.24) is 14.2 Å². The summed E-state index contributed by atoms with van der Waals surface area (Å²) in [5.41, 5.74) is 8.15. The van der Waals surface area contributed by atoms with Crippen LogP contribution in [0.3, 0.4) is 0 Å². The molecule has 0 aliphatic rings. The third-order valence-electron chi connectivity index (χ3n) is 3.72. The Morgan fingerprint density at radius 1 is 0.952 bits per heavy atom. The molecule has 0 atom stereocenters. The first-order valence-corrected chi connectivity index (χ1v) is 7.14. The van der Waals surface area contributed by atoms with Crippen molar-refractivity contribution in [2.75, 3.05) is 5.43 Å². The molecule has 1 N–H and O–H groups in total. The quantitative estimate of drug-likeness (QED) is 0.795. The van der Waals surface area contributed by atoms with E-state index in [4.69, 9.17) is 0 Å². The van der Waals surface area contributed by atoms with E-state index in [-0.39, 0.29) is 0 Å². The van der Waals surface area contributed by atoms with Gasteiger partial charge in [0, 0.05) is 17.1 Å². The summed E-state index contributed by atoms with van der Waals surface area (Å²) in [5, 5.41) is 0. The SMILES string of the molecule is Cc1ccc(C)n1NCc1cnc(C)n1-c1ccccc1. The molecule has 0 aliphatic heterocycles. The van der Waals surface area contributed by atoms with Gasteiger partial charge in [-0.15, -0.1) is 0 Å². The Labute approximate surface area is 125 Å². The van der Waals surface area contributed by atoms with Crippen molar-refractivity contribution in [3.05, 3.63) is 71.6 Å². The van der Waals surface area contributed by atoms with Crippen molar-refractivity contribution in [2.45, 2.75) is 27.3 Å². The molecule has 2 heterocycles. The summed E-state index contributed by atoms with van der Waals surface area (Å²) < 4.78 is 4.29. The molecule has 0 amide bonds. The van der Waals surface area contributed by atoms with Gasteiger partial charge in [-0.3, -0.25) is 9.24 Å². The molecule has 3 rings (SSSR count). The molecule has 0 saturated heterocycles. The maximum atomic E-state index is 4.45. The van der Waals surface area contributed by atoms with Gasteiger partial charge in [-0.25, -0.2) is 4.98 Å². The van der Waals surface area contributed by atoms with Crippen molar-refractivity contribution >= 4 is 0 Å². The van der Waals surface area contributed by atoms with Crippen molar-refractivity contribution in [3.63, 3.8) is 0 Å². The first-order chi connectivity index (χ1) is 10.2. The minimum absolute atomic E-state index is 0.728. The van der Waals surface area contributed by atoms with Gasteiger partial charge in [-0.05, 0) is 45.0 Å². The Hall–Kier alpha value is -2.49. The molecule has 1 aromatic carbocycles. The lowest BCUT2D eigenvalue weighted by molar-refractivity contribution is 0.765. The molecule has 4 heteroatoms. The van der Waals surface area contributed by atoms with Crippen molar-refractivity contribution in [3.8, 4) is 5.69 Å². The fraction of sp³-hybridized carbons (Fsp3) is 0.235. The van der Waals surface area contributed by atoms with Crippen LogP contribution in [0.15, 0.2) is 48.7 Å². The number of benzene rings is 1. The number of hydrogen-bond donors (Lipinski definition) is 1. The van der Waals surface area contributed by atoms with Crippen molar-refractivity contribution in [1.29, 1.82) is 0 Å². The molecule has 0 spiro atoms. The van der Waals surface area contributed by atoms with Crippen LogP contribution in [0.5, 0.6) is 0 Å². The summed E-state index contributed by atoms with van der Waals surface area (Å²) in [6.07, 6.45) is 1.93. The molecular formula is C17H20N4. The van der Waals surface area contributed by atoms with Gasteiger partial charge >= 0.3 is 0 Å². The average Bonchev–Trinajstić information content (AvgIpc) is 3.01. The minimum Gasteiger partial charge on any atom is -0.320 e. The number of para-hydroxylation sites is 1. The van der Waals surface area contributed by atoms with E-state index in [0.717, 1.165) is 23.8 Å². The van der Waals surface area contributed by atoms with Crippen LogP contribution < -0.4 is 5.43 Å². The fourth-order valence-corrected chi connectivity index (χ4v) is 2.62. The lowest BCUT2D eigenvalue weighted by Crippen LogP contribution is -2.18. The minimum atomic E-state index is 0.728. The zero-order valence-corrected chi connectivity index (χ0v) is 12.7. The zero-order valence-electron chi connectivity index (χ0n) is 12.7. The molecule has 0 fully saturated rings. The Bertz CT molecular complexity index is 718. The summed E-state index contributed by atoms with van der Waals surface area (Å²) >= 11 is 0. The molecule has 4 nitrogen and oxygen atoms in total. The summed E-state index contributed by atoms with van der Waals surface area (Å²) in [5.74, 6) is 0.999. The Kier molecular flexibility index (Phi) is 3.52. The Balaban J connectivity index is 1.88. The van der Waals surface area contributed by atoms with E-state index in [2.05, 4.69) is 57.8 Å². The molecule has 3 aromatic rings. The van der Waals surface area contributed by atoms with Crippen LogP contribution in [0.2, 0.25) is 0 Å².